The number of rotatable bonds is 10. The molecule has 198 valence electrons. The lowest BCUT2D eigenvalue weighted by Gasteiger charge is -2.16. The van der Waals surface area contributed by atoms with Crippen LogP contribution >= 0.6 is 11.6 Å². The van der Waals surface area contributed by atoms with Gasteiger partial charge in [0.05, 0.1) is 23.9 Å². The second-order valence-electron chi connectivity index (χ2n) is 9.72. The molecule has 1 N–H and O–H groups in total. The summed E-state index contributed by atoms with van der Waals surface area (Å²) in [5.74, 6) is 1.22. The van der Waals surface area contributed by atoms with Gasteiger partial charge >= 0.3 is 0 Å². The number of hydrogen-bond acceptors (Lipinski definition) is 8. The number of likely N-dealkylation sites (N-methyl/N-ethyl adjacent to an activating group) is 1. The van der Waals surface area contributed by atoms with Crippen LogP contribution in [0.15, 0.2) is 42.9 Å². The number of aryl methyl sites for hydroxylation is 1. The van der Waals surface area contributed by atoms with Crippen molar-refractivity contribution in [2.24, 2.45) is 0 Å². The molecule has 0 spiro atoms. The van der Waals surface area contributed by atoms with Crippen LogP contribution < -0.4 is 9.47 Å². The van der Waals surface area contributed by atoms with Crippen LogP contribution in [-0.2, 0) is 11.3 Å². The lowest BCUT2D eigenvalue weighted by molar-refractivity contribution is -0.132. The summed E-state index contributed by atoms with van der Waals surface area (Å²) in [5.41, 5.74) is 3.55. The summed E-state index contributed by atoms with van der Waals surface area (Å²) in [6.07, 6.45) is 5.19. The van der Waals surface area contributed by atoms with Crippen LogP contribution in [0.1, 0.15) is 31.0 Å². The smallest absolute Gasteiger partial charge is 0.260 e. The number of hydrogen-bond donors (Lipinski definition) is 1. The first-order valence-corrected chi connectivity index (χ1v) is 12.7. The number of benzene rings is 1. The third-order valence-corrected chi connectivity index (χ3v) is 6.81. The van der Waals surface area contributed by atoms with Gasteiger partial charge in [0.25, 0.3) is 5.91 Å². The third kappa shape index (κ3) is 5.56. The van der Waals surface area contributed by atoms with E-state index >= 15 is 0 Å². The number of aliphatic hydroxyl groups excluding tert-OH is 1. The zero-order valence-corrected chi connectivity index (χ0v) is 22.3. The highest BCUT2D eigenvalue weighted by Crippen LogP contribution is 2.41. The summed E-state index contributed by atoms with van der Waals surface area (Å²) in [7, 11) is 1.61. The van der Waals surface area contributed by atoms with Gasteiger partial charge < -0.3 is 24.0 Å². The third-order valence-electron chi connectivity index (χ3n) is 6.49. The van der Waals surface area contributed by atoms with Gasteiger partial charge in [-0.3, -0.25) is 9.78 Å². The predicted molar refractivity (Wildman–Crippen MR) is 142 cm³/mol. The fourth-order valence-electron chi connectivity index (χ4n) is 4.00. The van der Waals surface area contributed by atoms with Crippen molar-refractivity contribution in [2.75, 3.05) is 26.8 Å². The number of ether oxygens (including phenoxy) is 2. The number of halogens is 1. The number of imidazole rings is 1. The maximum atomic E-state index is 12.2. The number of carbonyl (C=O) groups is 1. The second-order valence-corrected chi connectivity index (χ2v) is 10.1. The Balaban J connectivity index is 1.51. The number of nitrogens with zero attached hydrogens (tertiary/aromatic N) is 6. The summed E-state index contributed by atoms with van der Waals surface area (Å²) in [4.78, 5) is 31.9. The highest BCUT2D eigenvalue weighted by molar-refractivity contribution is 6.33. The van der Waals surface area contributed by atoms with Gasteiger partial charge in [0, 0.05) is 25.4 Å². The van der Waals surface area contributed by atoms with Gasteiger partial charge in [0.15, 0.2) is 17.8 Å². The minimum atomic E-state index is -0.248. The number of pyridine rings is 1. The first-order chi connectivity index (χ1) is 18.3. The molecule has 1 aromatic carbocycles. The molecule has 0 unspecified atom stereocenters. The van der Waals surface area contributed by atoms with E-state index in [0.29, 0.717) is 45.7 Å². The Morgan fingerprint density at radius 3 is 2.74 bits per heavy atom. The highest BCUT2D eigenvalue weighted by atomic mass is 35.5. The van der Waals surface area contributed by atoms with E-state index in [9.17, 15) is 4.79 Å². The molecule has 0 radical (unpaired) electrons. The molecule has 38 heavy (non-hydrogen) atoms. The van der Waals surface area contributed by atoms with Crippen molar-refractivity contribution >= 4 is 28.7 Å². The van der Waals surface area contributed by atoms with E-state index in [0.717, 1.165) is 24.1 Å². The molecule has 0 bridgehead atoms. The van der Waals surface area contributed by atoms with Crippen molar-refractivity contribution in [1.29, 1.82) is 0 Å². The monoisotopic (exact) mass is 536 g/mol. The molecule has 1 saturated carbocycles. The van der Waals surface area contributed by atoms with Crippen molar-refractivity contribution in [3.63, 3.8) is 0 Å². The average Bonchev–Trinajstić information content (AvgIpc) is 3.51. The standard InChI is InChI=1S/C27H29ClN6O4/c1-17-6-9-29-18(12-17)14-34-24(32-23-25(34)30-16-31-26(23)38-27(2)7-8-27)20-5-4-19(13-21(20)28)37-15-22(36)33(3)10-11-35/h4-6,9,12-13,16,35H,7-8,10-11,14-15H2,1-3H3. The van der Waals surface area contributed by atoms with E-state index in [2.05, 4.69) is 21.9 Å². The maximum Gasteiger partial charge on any atom is 0.260 e. The van der Waals surface area contributed by atoms with Gasteiger partial charge in [-0.15, -0.1) is 0 Å². The fraction of sp³-hybridized carbons (Fsp3) is 0.370. The number of carbonyl (C=O) groups excluding carboxylic acids is 1. The van der Waals surface area contributed by atoms with Crippen molar-refractivity contribution < 1.29 is 19.4 Å². The Kier molecular flexibility index (Phi) is 7.18. The molecular formula is C27H29ClN6O4. The molecular weight excluding hydrogens is 508 g/mol. The van der Waals surface area contributed by atoms with Crippen LogP contribution in [-0.4, -0.2) is 72.8 Å². The van der Waals surface area contributed by atoms with Gasteiger partial charge in [-0.2, -0.15) is 4.98 Å². The molecule has 3 aromatic heterocycles. The number of aliphatic hydroxyl groups is 1. The quantitative estimate of drug-likeness (QED) is 0.326. The van der Waals surface area contributed by atoms with E-state index in [1.54, 1.807) is 31.4 Å². The normalized spacial score (nSPS) is 13.9. The number of aromatic nitrogens is 5. The summed E-state index contributed by atoms with van der Waals surface area (Å²) >= 11 is 6.73. The summed E-state index contributed by atoms with van der Waals surface area (Å²) < 4.78 is 13.8. The Hall–Kier alpha value is -3.76. The van der Waals surface area contributed by atoms with Crippen LogP contribution in [0.2, 0.25) is 5.02 Å². The van der Waals surface area contributed by atoms with Crippen LogP contribution in [0.4, 0.5) is 0 Å². The van der Waals surface area contributed by atoms with E-state index in [1.807, 2.05) is 23.6 Å². The Morgan fingerprint density at radius 1 is 1.21 bits per heavy atom. The first kappa shape index (κ1) is 25.9. The van der Waals surface area contributed by atoms with Gasteiger partial charge in [-0.05, 0) is 62.6 Å². The number of fused-ring (bicyclic) bond motifs is 1. The van der Waals surface area contributed by atoms with Crippen molar-refractivity contribution in [1.82, 2.24) is 29.4 Å². The van der Waals surface area contributed by atoms with Crippen LogP contribution in [0.3, 0.4) is 0 Å². The maximum absolute atomic E-state index is 12.2. The zero-order valence-electron chi connectivity index (χ0n) is 21.5. The SMILES string of the molecule is Cc1ccnc(Cn2c(-c3ccc(OCC(=O)N(C)CCO)cc3Cl)nc3c(OC4(C)CC4)ncnc32)c1. The molecule has 10 nitrogen and oxygen atoms in total. The van der Waals surface area contributed by atoms with E-state index < -0.39 is 0 Å². The van der Waals surface area contributed by atoms with Crippen molar-refractivity contribution in [3.8, 4) is 23.0 Å². The molecule has 1 fully saturated rings. The van der Waals surface area contributed by atoms with Gasteiger partial charge in [0.1, 0.15) is 23.5 Å². The topological polar surface area (TPSA) is 115 Å². The minimum Gasteiger partial charge on any atom is -0.484 e. The Labute approximate surface area is 225 Å². The average molecular weight is 537 g/mol. The largest absolute Gasteiger partial charge is 0.484 e. The second kappa shape index (κ2) is 10.5. The molecule has 5 rings (SSSR count). The predicted octanol–water partition coefficient (Wildman–Crippen LogP) is 3.66. The fourth-order valence-corrected chi connectivity index (χ4v) is 4.26. The first-order valence-electron chi connectivity index (χ1n) is 12.4. The van der Waals surface area contributed by atoms with Crippen LogP contribution in [0, 0.1) is 6.92 Å². The number of amides is 1. The van der Waals surface area contributed by atoms with Gasteiger partial charge in [-0.25, -0.2) is 9.97 Å². The van der Waals surface area contributed by atoms with Crippen LogP contribution in [0.5, 0.6) is 11.6 Å². The molecule has 0 aliphatic heterocycles. The lowest BCUT2D eigenvalue weighted by Crippen LogP contribution is -2.33. The molecule has 1 aliphatic carbocycles. The molecule has 0 atom stereocenters. The summed E-state index contributed by atoms with van der Waals surface area (Å²) in [5, 5.41) is 9.42. The molecule has 1 aliphatic rings. The zero-order chi connectivity index (χ0) is 26.9. The van der Waals surface area contributed by atoms with Crippen molar-refractivity contribution in [2.45, 2.75) is 38.8 Å². The Morgan fingerprint density at radius 2 is 2.03 bits per heavy atom. The van der Waals surface area contributed by atoms with E-state index in [4.69, 9.17) is 31.2 Å². The van der Waals surface area contributed by atoms with Gasteiger partial charge in [-0.1, -0.05) is 11.6 Å². The Bertz CT molecular complexity index is 1490. The molecule has 3 heterocycles. The van der Waals surface area contributed by atoms with E-state index in [1.165, 1.54) is 11.2 Å². The van der Waals surface area contributed by atoms with Crippen LogP contribution in [0.25, 0.3) is 22.6 Å². The highest BCUT2D eigenvalue weighted by Gasteiger charge is 2.41. The van der Waals surface area contributed by atoms with Crippen molar-refractivity contribution in [3.05, 3.63) is 59.1 Å². The lowest BCUT2D eigenvalue weighted by atomic mass is 10.2. The van der Waals surface area contributed by atoms with Gasteiger partial charge in [0.2, 0.25) is 5.88 Å². The minimum absolute atomic E-state index is 0.113. The molecule has 11 heteroatoms. The molecule has 4 aromatic rings. The molecule has 1 amide bonds. The van der Waals surface area contributed by atoms with E-state index in [-0.39, 0.29) is 31.3 Å². The summed E-state index contributed by atoms with van der Waals surface area (Å²) in [6, 6.07) is 9.16. The summed E-state index contributed by atoms with van der Waals surface area (Å²) in [6.45, 7) is 4.45. The molecule has 0 saturated heterocycles.